The zero-order valence-electron chi connectivity index (χ0n) is 17.4. The fraction of sp³-hybridized carbons (Fsp3) is 0.348. The average Bonchev–Trinajstić information content (AvgIpc) is 2.70. The highest BCUT2D eigenvalue weighted by molar-refractivity contribution is 9.10. The van der Waals surface area contributed by atoms with Gasteiger partial charge in [-0.15, -0.1) is 12.4 Å². The molecule has 1 atom stereocenters. The third kappa shape index (κ3) is 4.44. The molecule has 4 rings (SSSR count). The minimum absolute atomic E-state index is 0. The van der Waals surface area contributed by atoms with Gasteiger partial charge in [-0.3, -0.25) is 4.79 Å². The lowest BCUT2D eigenvalue weighted by Gasteiger charge is -2.34. The Morgan fingerprint density at radius 1 is 1.20 bits per heavy atom. The smallest absolute Gasteiger partial charge is 0.257 e. The lowest BCUT2D eigenvalue weighted by atomic mass is 10.0. The molecule has 2 aromatic heterocycles. The van der Waals surface area contributed by atoms with Gasteiger partial charge in [-0.1, -0.05) is 15.9 Å². The van der Waals surface area contributed by atoms with Crippen LogP contribution in [0.15, 0.2) is 41.0 Å². The maximum Gasteiger partial charge on any atom is 0.257 e. The van der Waals surface area contributed by atoms with Crippen molar-refractivity contribution in [1.29, 1.82) is 0 Å². The third-order valence-corrected chi connectivity index (χ3v) is 6.48. The number of aryl methyl sites for hydroxylation is 2. The molecule has 1 aromatic carbocycles. The van der Waals surface area contributed by atoms with Crippen LogP contribution in [-0.4, -0.2) is 33.4 Å². The summed E-state index contributed by atoms with van der Waals surface area (Å²) in [7, 11) is 0. The number of pyridine rings is 2. The summed E-state index contributed by atoms with van der Waals surface area (Å²) in [4.78, 5) is 24.5. The minimum Gasteiger partial charge on any atom is -0.354 e. The molecule has 1 aliphatic rings. The molecule has 0 saturated carbocycles. The van der Waals surface area contributed by atoms with Crippen LogP contribution >= 0.6 is 28.3 Å². The van der Waals surface area contributed by atoms with E-state index in [2.05, 4.69) is 44.2 Å². The van der Waals surface area contributed by atoms with Gasteiger partial charge >= 0.3 is 0 Å². The number of likely N-dealkylation sites (tertiary alicyclic amines) is 1. The highest BCUT2D eigenvalue weighted by Gasteiger charge is 2.27. The molecule has 0 spiro atoms. The van der Waals surface area contributed by atoms with E-state index in [4.69, 9.17) is 0 Å². The SMILES string of the molecule is Cc1ccc2c(Nc3ccc(Br)c(C)c3)c(C(=O)N3CCCCC3C)cnc2n1.Cl. The molecule has 1 fully saturated rings. The van der Waals surface area contributed by atoms with E-state index < -0.39 is 0 Å². The Morgan fingerprint density at radius 2 is 2.00 bits per heavy atom. The number of aromatic nitrogens is 2. The van der Waals surface area contributed by atoms with Crippen LogP contribution in [0.25, 0.3) is 11.0 Å². The van der Waals surface area contributed by atoms with Gasteiger partial charge in [-0.25, -0.2) is 9.97 Å². The van der Waals surface area contributed by atoms with Crippen molar-refractivity contribution in [3.05, 3.63) is 57.8 Å². The number of halogens is 2. The fourth-order valence-corrected chi connectivity index (χ4v) is 4.14. The Bertz CT molecular complexity index is 1090. The van der Waals surface area contributed by atoms with Crippen molar-refractivity contribution in [2.75, 3.05) is 11.9 Å². The quantitative estimate of drug-likeness (QED) is 0.476. The number of fused-ring (bicyclic) bond motifs is 1. The van der Waals surface area contributed by atoms with Gasteiger partial charge in [-0.05, 0) is 75.9 Å². The second-order valence-corrected chi connectivity index (χ2v) is 8.66. The van der Waals surface area contributed by atoms with Gasteiger partial charge in [-0.2, -0.15) is 0 Å². The Kier molecular flexibility index (Phi) is 6.98. The molecule has 0 aliphatic carbocycles. The van der Waals surface area contributed by atoms with Crippen molar-refractivity contribution >= 4 is 56.7 Å². The predicted molar refractivity (Wildman–Crippen MR) is 128 cm³/mol. The Labute approximate surface area is 191 Å². The number of amides is 1. The van der Waals surface area contributed by atoms with E-state index in [9.17, 15) is 4.79 Å². The van der Waals surface area contributed by atoms with Crippen LogP contribution in [0.4, 0.5) is 11.4 Å². The van der Waals surface area contributed by atoms with Gasteiger partial charge < -0.3 is 10.2 Å². The number of nitrogens with zero attached hydrogens (tertiary/aromatic N) is 3. The lowest BCUT2D eigenvalue weighted by molar-refractivity contribution is 0.0636. The largest absolute Gasteiger partial charge is 0.354 e. The molecule has 158 valence electrons. The molecule has 0 bridgehead atoms. The monoisotopic (exact) mass is 488 g/mol. The number of benzene rings is 1. The molecule has 1 aliphatic heterocycles. The first-order chi connectivity index (χ1) is 13.9. The predicted octanol–water partition coefficient (Wildman–Crippen LogP) is 6.19. The van der Waals surface area contributed by atoms with E-state index in [1.165, 1.54) is 6.42 Å². The standard InChI is InChI=1S/C23H25BrN4O.ClH/c1-14-12-17(8-10-20(14)24)27-21-18-9-7-15(2)26-22(18)25-13-19(21)23(29)28-11-5-4-6-16(28)3;/h7-10,12-13,16H,4-6,11H2,1-3H3,(H,25,26,27);1H. The lowest BCUT2D eigenvalue weighted by Crippen LogP contribution is -2.42. The second kappa shape index (κ2) is 9.31. The summed E-state index contributed by atoms with van der Waals surface area (Å²) in [5.41, 5.74) is 4.97. The molecule has 3 heterocycles. The minimum atomic E-state index is 0. The summed E-state index contributed by atoms with van der Waals surface area (Å²) in [5, 5.41) is 4.34. The van der Waals surface area contributed by atoms with Gasteiger partial charge in [0.2, 0.25) is 0 Å². The summed E-state index contributed by atoms with van der Waals surface area (Å²) in [6.07, 6.45) is 4.94. The van der Waals surface area contributed by atoms with Crippen LogP contribution in [0.2, 0.25) is 0 Å². The first-order valence-electron chi connectivity index (χ1n) is 10.0. The zero-order valence-corrected chi connectivity index (χ0v) is 19.8. The maximum absolute atomic E-state index is 13.5. The molecule has 1 unspecified atom stereocenters. The number of rotatable bonds is 3. The number of nitrogens with one attached hydrogen (secondary N) is 1. The molecule has 0 radical (unpaired) electrons. The molecule has 7 heteroatoms. The molecule has 1 amide bonds. The van der Waals surface area contributed by atoms with Gasteiger partial charge in [0.05, 0.1) is 11.3 Å². The average molecular weight is 490 g/mol. The van der Waals surface area contributed by atoms with E-state index in [0.717, 1.165) is 51.9 Å². The first-order valence-corrected chi connectivity index (χ1v) is 10.8. The van der Waals surface area contributed by atoms with E-state index in [0.29, 0.717) is 11.2 Å². The fourth-order valence-electron chi connectivity index (χ4n) is 3.89. The first kappa shape index (κ1) is 22.5. The number of piperidine rings is 1. The number of hydrogen-bond acceptors (Lipinski definition) is 4. The molecule has 3 aromatic rings. The van der Waals surface area contributed by atoms with Crippen molar-refractivity contribution in [3.8, 4) is 0 Å². The summed E-state index contributed by atoms with van der Waals surface area (Å²) in [6, 6.07) is 10.3. The van der Waals surface area contributed by atoms with Gasteiger partial charge in [0.1, 0.15) is 0 Å². The molecule has 1 N–H and O–H groups in total. The number of hydrogen-bond donors (Lipinski definition) is 1. The van der Waals surface area contributed by atoms with Gasteiger partial charge in [0, 0.05) is 40.0 Å². The van der Waals surface area contributed by atoms with Crippen LogP contribution in [0.1, 0.15) is 47.8 Å². The summed E-state index contributed by atoms with van der Waals surface area (Å²) in [5.74, 6) is 0.0310. The van der Waals surface area contributed by atoms with Crippen LogP contribution in [0, 0.1) is 13.8 Å². The van der Waals surface area contributed by atoms with Gasteiger partial charge in [0.25, 0.3) is 5.91 Å². The van der Waals surface area contributed by atoms with Gasteiger partial charge in [0.15, 0.2) is 5.65 Å². The summed E-state index contributed by atoms with van der Waals surface area (Å²) in [6.45, 7) is 6.91. The van der Waals surface area contributed by atoms with Crippen molar-refractivity contribution in [2.45, 2.75) is 46.1 Å². The number of carbonyl (C=O) groups excluding carboxylic acids is 1. The molecular formula is C23H26BrClN4O. The Hall–Kier alpha value is -2.18. The van der Waals surface area contributed by atoms with Crippen molar-refractivity contribution in [2.24, 2.45) is 0 Å². The molecular weight excluding hydrogens is 464 g/mol. The molecule has 5 nitrogen and oxygen atoms in total. The van der Waals surface area contributed by atoms with E-state index in [1.807, 2.05) is 43.0 Å². The second-order valence-electron chi connectivity index (χ2n) is 7.80. The zero-order chi connectivity index (χ0) is 20.5. The van der Waals surface area contributed by atoms with E-state index in [-0.39, 0.29) is 24.4 Å². The summed E-state index contributed by atoms with van der Waals surface area (Å²) < 4.78 is 1.05. The normalized spacial score (nSPS) is 16.3. The van der Waals surface area contributed by atoms with Crippen LogP contribution in [0.3, 0.4) is 0 Å². The highest BCUT2D eigenvalue weighted by Crippen LogP contribution is 2.32. The van der Waals surface area contributed by atoms with Crippen molar-refractivity contribution < 1.29 is 4.79 Å². The van der Waals surface area contributed by atoms with Crippen LogP contribution in [-0.2, 0) is 0 Å². The van der Waals surface area contributed by atoms with Crippen molar-refractivity contribution in [1.82, 2.24) is 14.9 Å². The molecule has 1 saturated heterocycles. The summed E-state index contributed by atoms with van der Waals surface area (Å²) >= 11 is 3.55. The third-order valence-electron chi connectivity index (χ3n) is 5.59. The van der Waals surface area contributed by atoms with Crippen LogP contribution in [0.5, 0.6) is 0 Å². The van der Waals surface area contributed by atoms with Crippen molar-refractivity contribution in [3.63, 3.8) is 0 Å². The Balaban J connectivity index is 0.00000256. The van der Waals surface area contributed by atoms with Crippen LogP contribution < -0.4 is 5.32 Å². The van der Waals surface area contributed by atoms with E-state index >= 15 is 0 Å². The topological polar surface area (TPSA) is 58.1 Å². The van der Waals surface area contributed by atoms with E-state index in [1.54, 1.807) is 6.20 Å². The Morgan fingerprint density at radius 3 is 2.73 bits per heavy atom. The molecule has 30 heavy (non-hydrogen) atoms. The maximum atomic E-state index is 13.5. The highest BCUT2D eigenvalue weighted by atomic mass is 79.9. The number of carbonyl (C=O) groups is 1. The number of anilines is 2.